The van der Waals surface area contributed by atoms with Crippen molar-refractivity contribution >= 4 is 18.1 Å². The number of hydrazone groups is 1. The van der Waals surface area contributed by atoms with Gasteiger partial charge in [-0.25, -0.2) is 10.2 Å². The Hall–Kier alpha value is -3.87. The van der Waals surface area contributed by atoms with Crippen LogP contribution in [0.4, 0.5) is 0 Å². The van der Waals surface area contributed by atoms with E-state index in [1.165, 1.54) is 13.3 Å². The lowest BCUT2D eigenvalue weighted by molar-refractivity contribution is 0.0601. The van der Waals surface area contributed by atoms with E-state index in [9.17, 15) is 9.59 Å². The molecule has 7 heteroatoms. The summed E-state index contributed by atoms with van der Waals surface area (Å²) in [4.78, 5) is 24.0. The van der Waals surface area contributed by atoms with Crippen LogP contribution in [-0.2, 0) is 4.74 Å². The van der Waals surface area contributed by atoms with Crippen LogP contribution in [-0.4, -0.2) is 32.3 Å². The van der Waals surface area contributed by atoms with Crippen LogP contribution in [0, 0.1) is 0 Å². The van der Waals surface area contributed by atoms with E-state index in [2.05, 4.69) is 10.5 Å². The van der Waals surface area contributed by atoms with Crippen molar-refractivity contribution in [1.82, 2.24) is 5.43 Å². The zero-order valence-corrected chi connectivity index (χ0v) is 15.3. The number of rotatable bonds is 6. The van der Waals surface area contributed by atoms with Crippen molar-refractivity contribution in [2.24, 2.45) is 5.10 Å². The molecule has 0 atom stereocenters. The van der Waals surface area contributed by atoms with E-state index in [0.717, 1.165) is 0 Å². The average Bonchev–Trinajstić information content (AvgIpc) is 3.22. The van der Waals surface area contributed by atoms with E-state index >= 15 is 0 Å². The van der Waals surface area contributed by atoms with E-state index in [0.29, 0.717) is 34.0 Å². The first-order valence-electron chi connectivity index (χ1n) is 8.37. The Bertz CT molecular complexity index is 1010. The minimum atomic E-state index is -0.450. The lowest BCUT2D eigenvalue weighted by Crippen LogP contribution is -2.17. The summed E-state index contributed by atoms with van der Waals surface area (Å²) in [6, 6.07) is 17.0. The minimum Gasteiger partial charge on any atom is -0.497 e. The first kappa shape index (κ1) is 18.9. The number of carbonyl (C=O) groups excluding carboxylic acids is 2. The third kappa shape index (κ3) is 4.27. The fraction of sp³-hybridized carbons (Fsp3) is 0.0952. The molecule has 2 aromatic carbocycles. The van der Waals surface area contributed by atoms with Gasteiger partial charge >= 0.3 is 5.97 Å². The van der Waals surface area contributed by atoms with Gasteiger partial charge in [-0.15, -0.1) is 0 Å². The Morgan fingerprint density at radius 1 is 1.00 bits per heavy atom. The first-order chi connectivity index (χ1) is 13.6. The summed E-state index contributed by atoms with van der Waals surface area (Å²) in [5, 5.41) is 3.90. The molecule has 0 unspecified atom stereocenters. The number of ether oxygens (including phenoxy) is 2. The Balaban J connectivity index is 1.69. The van der Waals surface area contributed by atoms with Crippen molar-refractivity contribution in [2.45, 2.75) is 0 Å². The van der Waals surface area contributed by atoms with Crippen LogP contribution in [0.15, 0.2) is 70.2 Å². The molecular weight excluding hydrogens is 360 g/mol. The first-order valence-corrected chi connectivity index (χ1v) is 8.37. The van der Waals surface area contributed by atoms with Crippen LogP contribution in [0.3, 0.4) is 0 Å². The van der Waals surface area contributed by atoms with E-state index in [-0.39, 0.29) is 5.91 Å². The molecule has 28 heavy (non-hydrogen) atoms. The van der Waals surface area contributed by atoms with Gasteiger partial charge in [0.1, 0.15) is 17.3 Å². The fourth-order valence-electron chi connectivity index (χ4n) is 2.51. The highest BCUT2D eigenvalue weighted by molar-refractivity contribution is 5.97. The van der Waals surface area contributed by atoms with Crippen molar-refractivity contribution in [2.75, 3.05) is 14.2 Å². The van der Waals surface area contributed by atoms with Gasteiger partial charge in [0.25, 0.3) is 5.91 Å². The summed E-state index contributed by atoms with van der Waals surface area (Å²) in [5.41, 5.74) is 3.88. The average molecular weight is 378 g/mol. The lowest BCUT2D eigenvalue weighted by atomic mass is 10.1. The van der Waals surface area contributed by atoms with Gasteiger partial charge in [0.2, 0.25) is 0 Å². The fourth-order valence-corrected chi connectivity index (χ4v) is 2.51. The molecule has 0 saturated heterocycles. The lowest BCUT2D eigenvalue weighted by Gasteiger charge is -2.04. The van der Waals surface area contributed by atoms with Crippen molar-refractivity contribution in [3.8, 4) is 17.1 Å². The van der Waals surface area contributed by atoms with Crippen LogP contribution in [0.5, 0.6) is 5.75 Å². The molecule has 0 radical (unpaired) electrons. The zero-order chi connectivity index (χ0) is 19.9. The molecule has 3 rings (SSSR count). The SMILES string of the molecule is COC(=O)c1ccccc1-c1ccc(/C=N\NC(=O)c2ccc(OC)cc2)o1. The van der Waals surface area contributed by atoms with Crippen LogP contribution >= 0.6 is 0 Å². The summed E-state index contributed by atoms with van der Waals surface area (Å²) in [6.07, 6.45) is 1.38. The number of methoxy groups -OCH3 is 2. The minimum absolute atomic E-state index is 0.360. The third-order valence-corrected chi connectivity index (χ3v) is 3.93. The molecule has 0 aliphatic carbocycles. The van der Waals surface area contributed by atoms with Gasteiger partial charge in [-0.3, -0.25) is 4.79 Å². The van der Waals surface area contributed by atoms with Gasteiger partial charge in [-0.1, -0.05) is 18.2 Å². The monoisotopic (exact) mass is 378 g/mol. The number of nitrogens with zero attached hydrogens (tertiary/aromatic N) is 1. The summed E-state index contributed by atoms with van der Waals surface area (Å²) < 4.78 is 15.5. The molecular formula is C21H18N2O5. The number of hydrogen-bond acceptors (Lipinski definition) is 6. The molecule has 142 valence electrons. The predicted octanol–water partition coefficient (Wildman–Crippen LogP) is 3.51. The molecule has 1 heterocycles. The number of benzene rings is 2. The molecule has 0 spiro atoms. The molecule has 1 amide bonds. The Labute approximate surface area is 161 Å². The standard InChI is InChI=1S/C21H18N2O5/c1-26-15-9-7-14(8-10-15)20(24)23-22-13-16-11-12-19(28-16)17-5-3-4-6-18(17)21(25)27-2/h3-13H,1-2H3,(H,23,24)/b22-13-. The van der Waals surface area contributed by atoms with E-state index in [1.807, 2.05) is 0 Å². The maximum atomic E-state index is 12.1. The summed E-state index contributed by atoms with van der Waals surface area (Å²) >= 11 is 0. The normalized spacial score (nSPS) is 10.6. The highest BCUT2D eigenvalue weighted by atomic mass is 16.5. The molecule has 0 fully saturated rings. The number of furan rings is 1. The maximum Gasteiger partial charge on any atom is 0.338 e. The third-order valence-electron chi connectivity index (χ3n) is 3.93. The number of nitrogens with one attached hydrogen (secondary N) is 1. The van der Waals surface area contributed by atoms with Crippen molar-refractivity contribution < 1.29 is 23.5 Å². The molecule has 0 bridgehead atoms. The van der Waals surface area contributed by atoms with E-state index in [4.69, 9.17) is 13.9 Å². The van der Waals surface area contributed by atoms with Crippen molar-refractivity contribution in [1.29, 1.82) is 0 Å². The van der Waals surface area contributed by atoms with Gasteiger partial charge in [-0.2, -0.15) is 5.10 Å². The Kier molecular flexibility index (Phi) is 5.86. The van der Waals surface area contributed by atoms with Crippen molar-refractivity contribution in [3.63, 3.8) is 0 Å². The summed E-state index contributed by atoms with van der Waals surface area (Å²) in [6.45, 7) is 0. The zero-order valence-electron chi connectivity index (χ0n) is 15.3. The summed E-state index contributed by atoms with van der Waals surface area (Å²) in [5.74, 6) is 0.764. The quantitative estimate of drug-likeness (QED) is 0.403. The van der Waals surface area contributed by atoms with Gasteiger partial charge in [-0.05, 0) is 42.5 Å². The van der Waals surface area contributed by atoms with Gasteiger partial charge in [0.05, 0.1) is 26.0 Å². The molecule has 3 aromatic rings. The second kappa shape index (κ2) is 8.68. The molecule has 1 aromatic heterocycles. The maximum absolute atomic E-state index is 12.1. The number of carbonyl (C=O) groups is 2. The second-order valence-electron chi connectivity index (χ2n) is 5.67. The number of hydrogen-bond donors (Lipinski definition) is 1. The number of amides is 1. The Morgan fingerprint density at radius 2 is 1.75 bits per heavy atom. The number of esters is 1. The molecule has 0 saturated carbocycles. The van der Waals surface area contributed by atoms with Crippen LogP contribution in [0.2, 0.25) is 0 Å². The van der Waals surface area contributed by atoms with Gasteiger partial charge in [0.15, 0.2) is 0 Å². The summed E-state index contributed by atoms with van der Waals surface area (Å²) in [7, 11) is 2.88. The Morgan fingerprint density at radius 3 is 2.46 bits per heavy atom. The smallest absolute Gasteiger partial charge is 0.338 e. The highest BCUT2D eigenvalue weighted by Gasteiger charge is 2.15. The predicted molar refractivity (Wildman–Crippen MR) is 104 cm³/mol. The molecule has 0 aliphatic heterocycles. The van der Waals surface area contributed by atoms with Gasteiger partial charge in [0, 0.05) is 11.1 Å². The molecule has 1 N–H and O–H groups in total. The second-order valence-corrected chi connectivity index (χ2v) is 5.67. The largest absolute Gasteiger partial charge is 0.497 e. The van der Waals surface area contributed by atoms with Crippen molar-refractivity contribution in [3.05, 3.63) is 77.6 Å². The van der Waals surface area contributed by atoms with Crippen LogP contribution < -0.4 is 10.2 Å². The van der Waals surface area contributed by atoms with Gasteiger partial charge < -0.3 is 13.9 Å². The van der Waals surface area contributed by atoms with E-state index in [1.54, 1.807) is 67.8 Å². The van der Waals surface area contributed by atoms with Crippen LogP contribution in [0.1, 0.15) is 26.5 Å². The topological polar surface area (TPSA) is 90.1 Å². The molecule has 0 aliphatic rings. The van der Waals surface area contributed by atoms with Crippen LogP contribution in [0.25, 0.3) is 11.3 Å². The highest BCUT2D eigenvalue weighted by Crippen LogP contribution is 2.26. The van der Waals surface area contributed by atoms with E-state index < -0.39 is 5.97 Å². The molecule has 7 nitrogen and oxygen atoms in total.